The van der Waals surface area contributed by atoms with Gasteiger partial charge in [0.2, 0.25) is 5.91 Å². The number of carbonyl (C=O) groups excluding carboxylic acids is 1. The van der Waals surface area contributed by atoms with Gasteiger partial charge >= 0.3 is 12.1 Å². The van der Waals surface area contributed by atoms with Gasteiger partial charge in [0.25, 0.3) is 0 Å². The Morgan fingerprint density at radius 1 is 1.26 bits per heavy atom. The average molecular weight is 329 g/mol. The van der Waals surface area contributed by atoms with Crippen LogP contribution in [0, 0.1) is 5.41 Å². The Labute approximate surface area is 131 Å². The fourth-order valence-electron chi connectivity index (χ4n) is 2.31. The second-order valence-corrected chi connectivity index (χ2v) is 6.53. The van der Waals surface area contributed by atoms with E-state index in [1.54, 1.807) is 0 Å². The number of carbonyl (C=O) groups is 2. The molecular weight excluding hydrogens is 311 g/mol. The topological polar surface area (TPSA) is 66.4 Å². The number of benzene rings is 1. The molecule has 4 nitrogen and oxygen atoms in total. The van der Waals surface area contributed by atoms with Crippen molar-refractivity contribution in [3.05, 3.63) is 35.4 Å². The molecule has 126 valence electrons. The zero-order chi connectivity index (χ0) is 17.5. The van der Waals surface area contributed by atoms with Crippen LogP contribution in [-0.2, 0) is 21.2 Å². The van der Waals surface area contributed by atoms with Crippen LogP contribution in [-0.4, -0.2) is 23.5 Å². The Morgan fingerprint density at radius 2 is 1.87 bits per heavy atom. The van der Waals surface area contributed by atoms with E-state index >= 15 is 0 Å². The van der Waals surface area contributed by atoms with Crippen LogP contribution >= 0.6 is 0 Å². The van der Waals surface area contributed by atoms with E-state index in [4.69, 9.17) is 5.11 Å². The summed E-state index contributed by atoms with van der Waals surface area (Å²) in [6.07, 6.45) is -3.56. The smallest absolute Gasteiger partial charge is 0.416 e. The van der Waals surface area contributed by atoms with Gasteiger partial charge in [-0.05, 0) is 38.3 Å². The molecule has 0 spiro atoms. The molecule has 1 aliphatic carbocycles. The van der Waals surface area contributed by atoms with E-state index in [9.17, 15) is 22.8 Å². The molecule has 23 heavy (non-hydrogen) atoms. The molecule has 0 aromatic heterocycles. The molecule has 1 saturated carbocycles. The number of hydrogen-bond donors (Lipinski definition) is 2. The summed E-state index contributed by atoms with van der Waals surface area (Å²) >= 11 is 0. The molecule has 0 saturated heterocycles. The number of carboxylic acid groups (broad SMARTS) is 1. The number of amides is 1. The molecule has 0 aliphatic heterocycles. The highest BCUT2D eigenvalue weighted by Gasteiger charge is 2.52. The summed E-state index contributed by atoms with van der Waals surface area (Å²) in [5, 5.41) is 11.6. The molecule has 0 unspecified atom stereocenters. The molecule has 0 bridgehead atoms. The third-order valence-electron chi connectivity index (χ3n) is 4.20. The monoisotopic (exact) mass is 329 g/mol. The largest absolute Gasteiger partial charge is 0.481 e. The fraction of sp³-hybridized carbons (Fsp3) is 0.500. The van der Waals surface area contributed by atoms with Gasteiger partial charge in [-0.1, -0.05) is 18.2 Å². The van der Waals surface area contributed by atoms with Crippen molar-refractivity contribution >= 4 is 11.9 Å². The Bertz CT molecular complexity index is 634. The third-order valence-corrected chi connectivity index (χ3v) is 4.20. The summed E-state index contributed by atoms with van der Waals surface area (Å²) in [6, 6.07) is 4.75. The number of nitrogens with one attached hydrogen (secondary N) is 1. The van der Waals surface area contributed by atoms with Crippen molar-refractivity contribution in [1.29, 1.82) is 0 Å². The zero-order valence-corrected chi connectivity index (χ0v) is 12.8. The maximum absolute atomic E-state index is 12.8. The number of carboxylic acids is 1. The van der Waals surface area contributed by atoms with E-state index in [1.165, 1.54) is 26.0 Å². The first kappa shape index (κ1) is 17.3. The molecule has 1 aromatic rings. The molecule has 7 heteroatoms. The van der Waals surface area contributed by atoms with E-state index in [2.05, 4.69) is 5.32 Å². The normalized spacial score (nSPS) is 16.7. The highest BCUT2D eigenvalue weighted by Crippen LogP contribution is 2.49. The Hall–Kier alpha value is -2.05. The van der Waals surface area contributed by atoms with Crippen molar-refractivity contribution < 1.29 is 27.9 Å². The number of halogens is 3. The van der Waals surface area contributed by atoms with Crippen LogP contribution in [0.25, 0.3) is 0 Å². The van der Waals surface area contributed by atoms with Crippen molar-refractivity contribution in [2.75, 3.05) is 6.54 Å². The molecule has 2 rings (SSSR count). The first-order chi connectivity index (χ1) is 10.5. The van der Waals surface area contributed by atoms with Gasteiger partial charge in [0.05, 0.1) is 16.4 Å². The maximum atomic E-state index is 12.8. The summed E-state index contributed by atoms with van der Waals surface area (Å²) in [5.74, 6) is -1.48. The number of aliphatic carboxylic acids is 1. The second kappa shape index (κ2) is 5.54. The van der Waals surface area contributed by atoms with Gasteiger partial charge in [-0.25, -0.2) is 0 Å². The van der Waals surface area contributed by atoms with Crippen molar-refractivity contribution in [3.63, 3.8) is 0 Å². The van der Waals surface area contributed by atoms with Crippen molar-refractivity contribution in [2.24, 2.45) is 5.41 Å². The average Bonchev–Trinajstić information content (AvgIpc) is 3.25. The lowest BCUT2D eigenvalue weighted by molar-refractivity contribution is -0.147. The van der Waals surface area contributed by atoms with E-state index in [1.807, 2.05) is 0 Å². The van der Waals surface area contributed by atoms with E-state index in [0.29, 0.717) is 18.4 Å². The number of rotatable bonds is 5. The number of alkyl halides is 3. The molecular formula is C16H18F3NO3. The van der Waals surface area contributed by atoms with Crippen LogP contribution in [0.3, 0.4) is 0 Å². The van der Waals surface area contributed by atoms with Gasteiger partial charge in [-0.15, -0.1) is 0 Å². The summed E-state index contributed by atoms with van der Waals surface area (Å²) in [4.78, 5) is 23.4. The van der Waals surface area contributed by atoms with Gasteiger partial charge in [-0.2, -0.15) is 13.2 Å². The standard InChI is InChI=1S/C16H18F3NO3/c1-14(2,13(22)23)9-20-12(21)15(6-7-15)10-4-3-5-11(8-10)16(17,18)19/h3-5,8H,6-7,9H2,1-2H3,(H,20,21)(H,22,23). The Balaban J connectivity index is 2.17. The van der Waals surface area contributed by atoms with Crippen molar-refractivity contribution in [2.45, 2.75) is 38.3 Å². The predicted molar refractivity (Wildman–Crippen MR) is 76.8 cm³/mol. The molecule has 2 N–H and O–H groups in total. The number of hydrogen-bond acceptors (Lipinski definition) is 2. The van der Waals surface area contributed by atoms with Gasteiger partial charge in [0, 0.05) is 6.54 Å². The molecule has 0 radical (unpaired) electrons. The van der Waals surface area contributed by atoms with E-state index in [-0.39, 0.29) is 6.54 Å². The highest BCUT2D eigenvalue weighted by molar-refractivity contribution is 5.91. The summed E-state index contributed by atoms with van der Waals surface area (Å²) in [7, 11) is 0. The minimum Gasteiger partial charge on any atom is -0.481 e. The quantitative estimate of drug-likeness (QED) is 0.873. The van der Waals surface area contributed by atoms with Crippen LogP contribution in [0.5, 0.6) is 0 Å². The summed E-state index contributed by atoms with van der Waals surface area (Å²) in [6.45, 7) is 2.86. The van der Waals surface area contributed by atoms with E-state index in [0.717, 1.165) is 12.1 Å². The fourth-order valence-corrected chi connectivity index (χ4v) is 2.31. The van der Waals surface area contributed by atoms with Crippen molar-refractivity contribution in [1.82, 2.24) is 5.32 Å². The Kier molecular flexibility index (Phi) is 4.17. The maximum Gasteiger partial charge on any atom is 0.416 e. The molecule has 1 fully saturated rings. The van der Waals surface area contributed by atoms with Gasteiger partial charge in [-0.3, -0.25) is 9.59 Å². The van der Waals surface area contributed by atoms with Gasteiger partial charge < -0.3 is 10.4 Å². The van der Waals surface area contributed by atoms with Gasteiger partial charge in [0.1, 0.15) is 0 Å². The van der Waals surface area contributed by atoms with Crippen LogP contribution in [0.1, 0.15) is 37.8 Å². The molecule has 0 heterocycles. The van der Waals surface area contributed by atoms with Crippen molar-refractivity contribution in [3.8, 4) is 0 Å². The highest BCUT2D eigenvalue weighted by atomic mass is 19.4. The third kappa shape index (κ3) is 3.48. The SMILES string of the molecule is CC(C)(CNC(=O)C1(c2cccc(C(F)(F)F)c2)CC1)C(=O)O. The Morgan fingerprint density at radius 3 is 2.35 bits per heavy atom. The lowest BCUT2D eigenvalue weighted by atomic mass is 9.91. The second-order valence-electron chi connectivity index (χ2n) is 6.53. The summed E-state index contributed by atoms with van der Waals surface area (Å²) < 4.78 is 38.4. The summed E-state index contributed by atoms with van der Waals surface area (Å²) in [5.41, 5.74) is -2.59. The predicted octanol–water partition coefficient (Wildman–Crippen LogP) is 2.96. The first-order valence-corrected chi connectivity index (χ1v) is 7.18. The van der Waals surface area contributed by atoms with Crippen LogP contribution in [0.2, 0.25) is 0 Å². The molecule has 0 atom stereocenters. The molecule has 1 aliphatic rings. The molecule has 1 amide bonds. The first-order valence-electron chi connectivity index (χ1n) is 7.18. The van der Waals surface area contributed by atoms with Gasteiger partial charge in [0.15, 0.2) is 0 Å². The van der Waals surface area contributed by atoms with Crippen LogP contribution in [0.4, 0.5) is 13.2 Å². The van der Waals surface area contributed by atoms with Crippen LogP contribution in [0.15, 0.2) is 24.3 Å². The van der Waals surface area contributed by atoms with Crippen LogP contribution < -0.4 is 5.32 Å². The minimum atomic E-state index is -4.46. The lowest BCUT2D eigenvalue weighted by Gasteiger charge is -2.23. The lowest BCUT2D eigenvalue weighted by Crippen LogP contribution is -2.43. The zero-order valence-electron chi connectivity index (χ0n) is 12.8. The minimum absolute atomic E-state index is 0.0815. The molecule has 1 aromatic carbocycles. The van der Waals surface area contributed by atoms with E-state index < -0.39 is 34.4 Å².